The number of esters is 1. The van der Waals surface area contributed by atoms with Gasteiger partial charge in [-0.15, -0.1) is 0 Å². The molecule has 0 radical (unpaired) electrons. The monoisotopic (exact) mass is 340 g/mol. The minimum absolute atomic E-state index is 0.140. The quantitative estimate of drug-likeness (QED) is 0.167. The second-order valence-corrected chi connectivity index (χ2v) is 6.14. The molecule has 0 saturated carbocycles. The molecular weight excluding hydrogens is 320 g/mol. The number of carbonyl (C=O) groups is 4. The van der Waals surface area contributed by atoms with Crippen LogP contribution < -0.4 is 10.6 Å². The highest BCUT2D eigenvalue weighted by Gasteiger charge is 2.42. The minimum Gasteiger partial charge on any atom is -0.460 e. The maximum absolute atomic E-state index is 11.8. The molecule has 1 unspecified atom stereocenters. The molecule has 2 amide bonds. The van der Waals surface area contributed by atoms with E-state index in [0.717, 1.165) is 7.11 Å². The molecular formula is C14H20N4O6. The SMILES string of the molecule is COC(=O)C(=[N+]=[N-])C(=O)CC[C@H]1NC(=O)C1NC(=O)OC(C)(C)C. The van der Waals surface area contributed by atoms with Crippen molar-refractivity contribution in [3.63, 3.8) is 0 Å². The van der Waals surface area contributed by atoms with E-state index in [0.29, 0.717) is 0 Å². The van der Waals surface area contributed by atoms with Gasteiger partial charge in [0.1, 0.15) is 11.6 Å². The zero-order chi connectivity index (χ0) is 18.5. The van der Waals surface area contributed by atoms with Gasteiger partial charge >= 0.3 is 17.8 Å². The summed E-state index contributed by atoms with van der Waals surface area (Å²) < 4.78 is 9.37. The van der Waals surface area contributed by atoms with Crippen molar-refractivity contribution in [3.8, 4) is 0 Å². The number of ketones is 1. The number of Topliss-reactive ketones (excluding diaryl/α,β-unsaturated/α-hetero) is 1. The van der Waals surface area contributed by atoms with Gasteiger partial charge < -0.3 is 25.6 Å². The van der Waals surface area contributed by atoms with Gasteiger partial charge in [0.25, 0.3) is 5.78 Å². The van der Waals surface area contributed by atoms with E-state index in [1.807, 2.05) is 0 Å². The topological polar surface area (TPSA) is 147 Å². The Bertz CT molecular complexity index is 603. The summed E-state index contributed by atoms with van der Waals surface area (Å²) >= 11 is 0. The Morgan fingerprint density at radius 2 is 1.96 bits per heavy atom. The number of rotatable bonds is 6. The molecule has 1 saturated heterocycles. The zero-order valence-corrected chi connectivity index (χ0v) is 13.9. The van der Waals surface area contributed by atoms with Crippen molar-refractivity contribution >= 4 is 29.5 Å². The third kappa shape index (κ3) is 5.17. The van der Waals surface area contributed by atoms with Gasteiger partial charge in [-0.25, -0.2) is 9.59 Å². The molecule has 0 aromatic rings. The number of β-lactam (4-membered cyclic amide) rings is 1. The lowest BCUT2D eigenvalue weighted by Gasteiger charge is -2.37. The average molecular weight is 340 g/mol. The van der Waals surface area contributed by atoms with Crippen LogP contribution >= 0.6 is 0 Å². The lowest BCUT2D eigenvalue weighted by molar-refractivity contribution is -0.140. The first-order valence-corrected chi connectivity index (χ1v) is 7.22. The van der Waals surface area contributed by atoms with Crippen LogP contribution in [0.4, 0.5) is 4.79 Å². The average Bonchev–Trinajstić information content (AvgIpc) is 2.47. The molecule has 0 aromatic carbocycles. The molecule has 24 heavy (non-hydrogen) atoms. The van der Waals surface area contributed by atoms with Gasteiger partial charge in [0.15, 0.2) is 0 Å². The van der Waals surface area contributed by atoms with Crippen LogP contribution in [-0.2, 0) is 23.9 Å². The molecule has 10 heteroatoms. The lowest BCUT2D eigenvalue weighted by Crippen LogP contribution is -2.69. The predicted octanol–water partition coefficient (Wildman–Crippen LogP) is -0.429. The van der Waals surface area contributed by atoms with Crippen molar-refractivity contribution < 1.29 is 33.4 Å². The summed E-state index contributed by atoms with van der Waals surface area (Å²) in [5.74, 6) is -2.19. The van der Waals surface area contributed by atoms with E-state index in [2.05, 4.69) is 20.2 Å². The summed E-state index contributed by atoms with van der Waals surface area (Å²) in [4.78, 5) is 48.9. The van der Waals surface area contributed by atoms with Gasteiger partial charge in [-0.1, -0.05) is 0 Å². The van der Waals surface area contributed by atoms with Crippen LogP contribution in [0.5, 0.6) is 0 Å². The van der Waals surface area contributed by atoms with Crippen LogP contribution in [0.3, 0.4) is 0 Å². The maximum Gasteiger partial charge on any atom is 0.441 e. The lowest BCUT2D eigenvalue weighted by atomic mass is 9.93. The molecule has 0 bridgehead atoms. The molecule has 0 aromatic heterocycles. The van der Waals surface area contributed by atoms with Crippen molar-refractivity contribution in [2.45, 2.75) is 51.3 Å². The van der Waals surface area contributed by atoms with Gasteiger partial charge in [-0.05, 0) is 27.2 Å². The molecule has 0 aliphatic carbocycles. The number of amides is 2. The highest BCUT2D eigenvalue weighted by Crippen LogP contribution is 2.14. The van der Waals surface area contributed by atoms with E-state index in [-0.39, 0.29) is 12.8 Å². The zero-order valence-electron chi connectivity index (χ0n) is 13.9. The Labute approximate surface area is 138 Å². The minimum atomic E-state index is -1.05. The Morgan fingerprint density at radius 1 is 1.33 bits per heavy atom. The smallest absolute Gasteiger partial charge is 0.441 e. The van der Waals surface area contributed by atoms with Gasteiger partial charge in [-0.3, -0.25) is 9.59 Å². The van der Waals surface area contributed by atoms with Crippen LogP contribution in [0.15, 0.2) is 0 Å². The Balaban J connectivity index is 2.55. The second kappa shape index (κ2) is 7.69. The fourth-order valence-electron chi connectivity index (χ4n) is 1.99. The third-order valence-corrected chi connectivity index (χ3v) is 3.11. The van der Waals surface area contributed by atoms with E-state index in [1.165, 1.54) is 0 Å². The predicted molar refractivity (Wildman–Crippen MR) is 80.0 cm³/mol. The first kappa shape index (κ1) is 19.3. The summed E-state index contributed by atoms with van der Waals surface area (Å²) in [7, 11) is 1.05. The van der Waals surface area contributed by atoms with Gasteiger partial charge in [-0.2, -0.15) is 4.79 Å². The number of hydrogen-bond acceptors (Lipinski definition) is 6. The number of methoxy groups -OCH3 is 1. The molecule has 2 atom stereocenters. The van der Waals surface area contributed by atoms with Gasteiger partial charge in [0, 0.05) is 6.42 Å². The van der Waals surface area contributed by atoms with E-state index in [4.69, 9.17) is 10.3 Å². The maximum atomic E-state index is 11.8. The van der Waals surface area contributed by atoms with Crippen LogP contribution in [0.1, 0.15) is 33.6 Å². The molecule has 0 spiro atoms. The summed E-state index contributed by atoms with van der Waals surface area (Å²) in [6.45, 7) is 5.06. The van der Waals surface area contributed by atoms with E-state index >= 15 is 0 Å². The molecule has 2 N–H and O–H groups in total. The van der Waals surface area contributed by atoms with Crippen LogP contribution in [0.2, 0.25) is 0 Å². The highest BCUT2D eigenvalue weighted by molar-refractivity contribution is 6.62. The fourth-order valence-corrected chi connectivity index (χ4v) is 1.99. The van der Waals surface area contributed by atoms with Crippen molar-refractivity contribution in [1.82, 2.24) is 10.6 Å². The summed E-state index contributed by atoms with van der Waals surface area (Å²) in [6.07, 6.45) is -0.779. The van der Waals surface area contributed by atoms with Crippen LogP contribution in [0.25, 0.3) is 5.53 Å². The van der Waals surface area contributed by atoms with E-state index in [1.54, 1.807) is 20.8 Å². The number of nitrogens with zero attached hydrogens (tertiary/aromatic N) is 2. The van der Waals surface area contributed by atoms with E-state index in [9.17, 15) is 19.2 Å². The summed E-state index contributed by atoms with van der Waals surface area (Å²) in [6, 6.07) is -1.33. The van der Waals surface area contributed by atoms with Crippen molar-refractivity contribution in [2.24, 2.45) is 0 Å². The molecule has 10 nitrogen and oxygen atoms in total. The van der Waals surface area contributed by atoms with Crippen molar-refractivity contribution in [2.75, 3.05) is 7.11 Å². The fraction of sp³-hybridized carbons (Fsp3) is 0.643. The molecule has 1 fully saturated rings. The van der Waals surface area contributed by atoms with Crippen LogP contribution in [0, 0.1) is 0 Å². The molecule has 1 aliphatic rings. The Hall–Kier alpha value is -2.74. The Kier molecular flexibility index (Phi) is 6.19. The molecule has 1 aliphatic heterocycles. The van der Waals surface area contributed by atoms with Crippen molar-refractivity contribution in [3.05, 3.63) is 5.53 Å². The summed E-state index contributed by atoms with van der Waals surface area (Å²) in [5, 5.41) is 4.95. The number of carbonyl (C=O) groups excluding carboxylic acids is 4. The number of hydrogen-bond donors (Lipinski definition) is 2. The normalized spacial score (nSPS) is 19.2. The van der Waals surface area contributed by atoms with Crippen LogP contribution in [-0.4, -0.2) is 59.0 Å². The molecule has 1 rings (SSSR count). The standard InChI is InChI=1S/C14H20N4O6/c1-14(2,3)24-13(22)17-9-7(16-11(9)20)5-6-8(19)10(18-15)12(21)23-4/h7,9H,5-6H2,1-4H3,(H,16,20)(H,17,22)/t7-,9?/m1/s1. The first-order chi connectivity index (χ1) is 11.1. The van der Waals surface area contributed by atoms with Crippen molar-refractivity contribution in [1.29, 1.82) is 0 Å². The second-order valence-electron chi connectivity index (χ2n) is 6.14. The third-order valence-electron chi connectivity index (χ3n) is 3.11. The first-order valence-electron chi connectivity index (χ1n) is 7.22. The van der Waals surface area contributed by atoms with E-state index < -0.39 is 47.1 Å². The molecule has 1 heterocycles. The summed E-state index contributed by atoms with van der Waals surface area (Å²) in [5.41, 5.74) is 7.25. The highest BCUT2D eigenvalue weighted by atomic mass is 16.6. The van der Waals surface area contributed by atoms with Gasteiger partial charge in [0.2, 0.25) is 5.91 Å². The number of nitrogens with one attached hydrogen (secondary N) is 2. The molecule has 132 valence electrons. The Morgan fingerprint density at radius 3 is 2.42 bits per heavy atom. The largest absolute Gasteiger partial charge is 0.460 e. The van der Waals surface area contributed by atoms with Gasteiger partial charge in [0.05, 0.1) is 13.2 Å². The number of alkyl carbamates (subject to hydrolysis) is 1. The number of ether oxygens (including phenoxy) is 2.